The Kier molecular flexibility index (Phi) is 5.35. The van der Waals surface area contributed by atoms with Crippen LogP contribution >= 0.6 is 22.7 Å². The Bertz CT molecular complexity index is 814. The molecule has 2 heterocycles. The summed E-state index contributed by atoms with van der Waals surface area (Å²) in [4.78, 5) is 29.4. The van der Waals surface area contributed by atoms with Crippen LogP contribution in [0.5, 0.6) is 0 Å². The number of thiazole rings is 1. The van der Waals surface area contributed by atoms with Crippen LogP contribution in [0, 0.1) is 0 Å². The Balaban J connectivity index is 1.51. The van der Waals surface area contributed by atoms with E-state index in [0.717, 1.165) is 4.88 Å². The lowest BCUT2D eigenvalue weighted by molar-refractivity contribution is -0.120. The minimum atomic E-state index is -0.210. The van der Waals surface area contributed by atoms with Crippen molar-refractivity contribution in [1.82, 2.24) is 10.3 Å². The summed E-state index contributed by atoms with van der Waals surface area (Å²) in [6.07, 6.45) is 0.198. The maximum atomic E-state index is 12.1. The van der Waals surface area contributed by atoms with E-state index in [0.29, 0.717) is 22.9 Å². The summed E-state index contributed by atoms with van der Waals surface area (Å²) in [6, 6.07) is 12.9. The molecule has 24 heavy (non-hydrogen) atoms. The first-order chi connectivity index (χ1) is 11.7. The van der Waals surface area contributed by atoms with Crippen LogP contribution in [0.25, 0.3) is 0 Å². The van der Waals surface area contributed by atoms with Gasteiger partial charge >= 0.3 is 0 Å². The van der Waals surface area contributed by atoms with Gasteiger partial charge in [-0.05, 0) is 23.6 Å². The van der Waals surface area contributed by atoms with Crippen LogP contribution in [0.15, 0.2) is 53.2 Å². The van der Waals surface area contributed by atoms with Crippen molar-refractivity contribution in [1.29, 1.82) is 0 Å². The normalized spacial score (nSPS) is 10.3. The topological polar surface area (TPSA) is 71.1 Å². The molecule has 0 spiro atoms. The molecule has 0 atom stereocenters. The molecule has 7 heteroatoms. The van der Waals surface area contributed by atoms with E-state index in [2.05, 4.69) is 15.6 Å². The summed E-state index contributed by atoms with van der Waals surface area (Å²) < 4.78 is 0. The molecule has 1 aromatic carbocycles. The van der Waals surface area contributed by atoms with Gasteiger partial charge in [-0.25, -0.2) is 4.98 Å². The van der Waals surface area contributed by atoms with Gasteiger partial charge in [-0.2, -0.15) is 0 Å². The van der Waals surface area contributed by atoms with Crippen LogP contribution in [0.3, 0.4) is 0 Å². The van der Waals surface area contributed by atoms with Crippen LogP contribution in [0.1, 0.15) is 20.9 Å². The zero-order valence-corrected chi connectivity index (χ0v) is 14.3. The van der Waals surface area contributed by atoms with E-state index in [1.807, 2.05) is 23.6 Å². The maximum Gasteiger partial charge on any atom is 0.257 e. The number of carbonyl (C=O) groups excluding carboxylic acids is 2. The Morgan fingerprint density at radius 2 is 1.88 bits per heavy atom. The molecule has 0 bridgehead atoms. The number of anilines is 1. The zero-order chi connectivity index (χ0) is 16.8. The monoisotopic (exact) mass is 357 g/mol. The molecular weight excluding hydrogens is 342 g/mol. The number of benzene rings is 1. The molecule has 0 aliphatic rings. The highest BCUT2D eigenvalue weighted by molar-refractivity contribution is 7.14. The highest BCUT2D eigenvalue weighted by atomic mass is 32.1. The average molecular weight is 357 g/mol. The molecule has 0 aliphatic carbocycles. The van der Waals surface area contributed by atoms with Gasteiger partial charge in [-0.15, -0.1) is 22.7 Å². The zero-order valence-electron chi connectivity index (χ0n) is 12.7. The largest absolute Gasteiger partial charge is 0.351 e. The molecule has 3 aromatic rings. The average Bonchev–Trinajstić information content (AvgIpc) is 3.26. The number of amides is 2. The summed E-state index contributed by atoms with van der Waals surface area (Å²) in [6.45, 7) is 0.526. The lowest BCUT2D eigenvalue weighted by atomic mass is 10.2. The van der Waals surface area contributed by atoms with Crippen molar-refractivity contribution in [3.8, 4) is 0 Å². The number of nitrogens with one attached hydrogen (secondary N) is 2. The predicted octanol–water partition coefficient (Wildman–Crippen LogP) is 3.32. The van der Waals surface area contributed by atoms with Gasteiger partial charge in [0.15, 0.2) is 5.13 Å². The second-order valence-corrected chi connectivity index (χ2v) is 6.89. The number of thiophene rings is 1. The Hall–Kier alpha value is -2.51. The van der Waals surface area contributed by atoms with Gasteiger partial charge < -0.3 is 5.32 Å². The molecule has 5 nitrogen and oxygen atoms in total. The third kappa shape index (κ3) is 4.50. The second-order valence-electron chi connectivity index (χ2n) is 5.00. The van der Waals surface area contributed by atoms with Crippen molar-refractivity contribution in [3.05, 3.63) is 69.4 Å². The highest BCUT2D eigenvalue weighted by Gasteiger charge is 2.11. The van der Waals surface area contributed by atoms with Crippen LogP contribution in [0.2, 0.25) is 0 Å². The Morgan fingerprint density at radius 1 is 1.04 bits per heavy atom. The van der Waals surface area contributed by atoms with Crippen LogP contribution < -0.4 is 10.6 Å². The minimum Gasteiger partial charge on any atom is -0.351 e. The van der Waals surface area contributed by atoms with E-state index >= 15 is 0 Å². The Morgan fingerprint density at radius 3 is 2.62 bits per heavy atom. The van der Waals surface area contributed by atoms with E-state index < -0.39 is 0 Å². The first-order valence-electron chi connectivity index (χ1n) is 7.30. The quantitative estimate of drug-likeness (QED) is 0.711. The van der Waals surface area contributed by atoms with Crippen LogP contribution in [-0.2, 0) is 17.8 Å². The first-order valence-corrected chi connectivity index (χ1v) is 9.06. The third-order valence-corrected chi connectivity index (χ3v) is 4.87. The fraction of sp³-hybridized carbons (Fsp3) is 0.118. The molecule has 0 radical (unpaired) electrons. The van der Waals surface area contributed by atoms with Crippen molar-refractivity contribution >= 4 is 39.6 Å². The van der Waals surface area contributed by atoms with Gasteiger partial charge in [0.1, 0.15) is 0 Å². The van der Waals surface area contributed by atoms with Gasteiger partial charge in [0.05, 0.1) is 18.7 Å². The van der Waals surface area contributed by atoms with Crippen molar-refractivity contribution in [2.24, 2.45) is 0 Å². The molecule has 2 amide bonds. The highest BCUT2D eigenvalue weighted by Crippen LogP contribution is 2.17. The number of aromatic nitrogens is 1. The SMILES string of the molecule is O=C(Cc1csc(NC(=O)c2ccccc2)n1)NCc1cccs1. The fourth-order valence-corrected chi connectivity index (χ4v) is 3.38. The Labute approximate surface area is 147 Å². The smallest absolute Gasteiger partial charge is 0.257 e. The fourth-order valence-electron chi connectivity index (χ4n) is 2.03. The van der Waals surface area contributed by atoms with Crippen LogP contribution in [0.4, 0.5) is 5.13 Å². The number of nitrogens with zero attached hydrogens (tertiary/aromatic N) is 1. The maximum absolute atomic E-state index is 12.1. The van der Waals surface area contributed by atoms with Crippen molar-refractivity contribution in [3.63, 3.8) is 0 Å². The van der Waals surface area contributed by atoms with Gasteiger partial charge in [0.25, 0.3) is 5.91 Å². The van der Waals surface area contributed by atoms with E-state index in [1.54, 1.807) is 41.0 Å². The minimum absolute atomic E-state index is 0.0883. The molecule has 2 N–H and O–H groups in total. The number of hydrogen-bond acceptors (Lipinski definition) is 5. The number of carbonyl (C=O) groups is 2. The van der Waals surface area contributed by atoms with Crippen molar-refractivity contribution in [2.75, 3.05) is 5.32 Å². The molecule has 0 fully saturated rings. The third-order valence-electron chi connectivity index (χ3n) is 3.19. The molecule has 0 aliphatic heterocycles. The first kappa shape index (κ1) is 16.4. The number of hydrogen-bond donors (Lipinski definition) is 2. The molecule has 122 valence electrons. The summed E-state index contributed by atoms with van der Waals surface area (Å²) >= 11 is 2.91. The lowest BCUT2D eigenvalue weighted by Crippen LogP contribution is -2.24. The number of rotatable bonds is 6. The van der Waals surface area contributed by atoms with E-state index in [4.69, 9.17) is 0 Å². The summed E-state index contributed by atoms with van der Waals surface area (Å²) in [7, 11) is 0. The molecule has 0 saturated heterocycles. The molecule has 2 aromatic heterocycles. The van der Waals surface area contributed by atoms with Crippen molar-refractivity contribution < 1.29 is 9.59 Å². The van der Waals surface area contributed by atoms with Gasteiger partial charge in [0.2, 0.25) is 5.91 Å². The van der Waals surface area contributed by atoms with Gasteiger partial charge in [-0.3, -0.25) is 14.9 Å². The van der Waals surface area contributed by atoms with Gasteiger partial charge in [-0.1, -0.05) is 24.3 Å². The van der Waals surface area contributed by atoms with Crippen molar-refractivity contribution in [2.45, 2.75) is 13.0 Å². The van der Waals surface area contributed by atoms with E-state index in [-0.39, 0.29) is 18.2 Å². The predicted molar refractivity (Wildman–Crippen MR) is 96.4 cm³/mol. The van der Waals surface area contributed by atoms with E-state index in [9.17, 15) is 9.59 Å². The molecule has 0 saturated carbocycles. The van der Waals surface area contributed by atoms with E-state index in [1.165, 1.54) is 11.3 Å². The summed E-state index contributed by atoms with van der Waals surface area (Å²) in [5.74, 6) is -0.298. The van der Waals surface area contributed by atoms with Gasteiger partial charge in [0, 0.05) is 15.8 Å². The summed E-state index contributed by atoms with van der Waals surface area (Å²) in [5.41, 5.74) is 1.22. The molecule has 0 unspecified atom stereocenters. The standard InChI is InChI=1S/C17H15N3O2S2/c21-15(18-10-14-7-4-8-23-14)9-13-11-24-17(19-13)20-16(22)12-5-2-1-3-6-12/h1-8,11H,9-10H2,(H,18,21)(H,19,20,22). The molecule has 3 rings (SSSR count). The second kappa shape index (κ2) is 7.85. The lowest BCUT2D eigenvalue weighted by Gasteiger charge is -2.02. The summed E-state index contributed by atoms with van der Waals surface area (Å²) in [5, 5.41) is 9.85. The molecular formula is C17H15N3O2S2. The van der Waals surface area contributed by atoms with Crippen LogP contribution in [-0.4, -0.2) is 16.8 Å².